The second-order valence-corrected chi connectivity index (χ2v) is 8.37. The summed E-state index contributed by atoms with van der Waals surface area (Å²) in [5.74, 6) is 0.769. The summed E-state index contributed by atoms with van der Waals surface area (Å²) < 4.78 is 0. The van der Waals surface area contributed by atoms with E-state index in [1.807, 2.05) is 17.2 Å². The van der Waals surface area contributed by atoms with Crippen LogP contribution < -0.4 is 10.2 Å². The van der Waals surface area contributed by atoms with E-state index in [2.05, 4.69) is 25.2 Å². The first-order chi connectivity index (χ1) is 15.0. The van der Waals surface area contributed by atoms with Gasteiger partial charge in [-0.05, 0) is 37.1 Å². The summed E-state index contributed by atoms with van der Waals surface area (Å²) in [5, 5.41) is 14.7. The fraction of sp³-hybridized carbons (Fsp3) is 0.381. The first-order valence-corrected chi connectivity index (χ1v) is 10.9. The van der Waals surface area contributed by atoms with Gasteiger partial charge < -0.3 is 25.2 Å². The number of halogens is 2. The van der Waals surface area contributed by atoms with Crippen molar-refractivity contribution in [1.82, 2.24) is 19.9 Å². The molecule has 0 saturated carbocycles. The standard InChI is InChI=1S/C21H24Cl2N6O2/c22-14-8-15(23)10-16(9-14)25-11-19(31)28-5-1-2-17(12-28)29(6-7-30)21-18-3-4-24-20(18)26-13-27-21/h3-4,8-10,13,17,25,30H,1-2,5-7,11-12H2,(H,24,26,27). The molecule has 1 aliphatic heterocycles. The summed E-state index contributed by atoms with van der Waals surface area (Å²) in [7, 11) is 0. The summed E-state index contributed by atoms with van der Waals surface area (Å²) in [6, 6.07) is 7.11. The number of aliphatic hydroxyl groups excluding tert-OH is 1. The Morgan fingerprint density at radius 3 is 2.87 bits per heavy atom. The Morgan fingerprint density at radius 2 is 2.10 bits per heavy atom. The monoisotopic (exact) mass is 462 g/mol. The van der Waals surface area contributed by atoms with Crippen molar-refractivity contribution in [3.05, 3.63) is 46.8 Å². The summed E-state index contributed by atoms with van der Waals surface area (Å²) in [5.41, 5.74) is 1.46. The zero-order chi connectivity index (χ0) is 21.8. The Hall–Kier alpha value is -2.55. The number of nitrogens with one attached hydrogen (secondary N) is 2. The number of hydrogen-bond donors (Lipinski definition) is 3. The van der Waals surface area contributed by atoms with Crippen LogP contribution in [-0.4, -0.2) is 69.7 Å². The van der Waals surface area contributed by atoms with Crippen LogP contribution in [0.15, 0.2) is 36.8 Å². The zero-order valence-corrected chi connectivity index (χ0v) is 18.4. The van der Waals surface area contributed by atoms with E-state index in [4.69, 9.17) is 23.2 Å². The number of fused-ring (bicyclic) bond motifs is 1. The summed E-state index contributed by atoms with van der Waals surface area (Å²) in [4.78, 5) is 28.6. The number of anilines is 2. The molecule has 1 saturated heterocycles. The molecule has 4 rings (SSSR count). The second kappa shape index (κ2) is 9.72. The molecule has 1 unspecified atom stereocenters. The summed E-state index contributed by atoms with van der Waals surface area (Å²) >= 11 is 12.1. The van der Waals surface area contributed by atoms with E-state index in [1.54, 1.807) is 18.2 Å². The highest BCUT2D eigenvalue weighted by Gasteiger charge is 2.29. The van der Waals surface area contributed by atoms with E-state index < -0.39 is 0 Å². The third kappa shape index (κ3) is 5.03. The van der Waals surface area contributed by atoms with Crippen molar-refractivity contribution in [3.63, 3.8) is 0 Å². The van der Waals surface area contributed by atoms with Gasteiger partial charge in [0.1, 0.15) is 17.8 Å². The quantitative estimate of drug-likeness (QED) is 0.498. The van der Waals surface area contributed by atoms with E-state index in [0.29, 0.717) is 35.4 Å². The van der Waals surface area contributed by atoms with Crippen molar-refractivity contribution in [2.24, 2.45) is 0 Å². The number of aliphatic hydroxyl groups is 1. The maximum Gasteiger partial charge on any atom is 0.241 e. The van der Waals surface area contributed by atoms with Crippen molar-refractivity contribution in [1.29, 1.82) is 0 Å². The number of H-pyrrole nitrogens is 1. The van der Waals surface area contributed by atoms with Crippen LogP contribution in [0, 0.1) is 0 Å². The van der Waals surface area contributed by atoms with Gasteiger partial charge in [0.25, 0.3) is 0 Å². The summed E-state index contributed by atoms with van der Waals surface area (Å²) in [6.45, 7) is 1.84. The minimum Gasteiger partial charge on any atom is -0.395 e. The largest absolute Gasteiger partial charge is 0.395 e. The van der Waals surface area contributed by atoms with Crippen molar-refractivity contribution in [3.8, 4) is 0 Å². The molecule has 0 radical (unpaired) electrons. The summed E-state index contributed by atoms with van der Waals surface area (Å²) in [6.07, 6.45) is 5.13. The van der Waals surface area contributed by atoms with Crippen LogP contribution in [0.3, 0.4) is 0 Å². The lowest BCUT2D eigenvalue weighted by molar-refractivity contribution is -0.130. The number of carbonyl (C=O) groups excluding carboxylic acids is 1. The Morgan fingerprint density at radius 1 is 1.29 bits per heavy atom. The SMILES string of the molecule is O=C(CNc1cc(Cl)cc(Cl)c1)N1CCCC(N(CCO)c2ncnc3[nH]ccc23)C1. The minimum absolute atomic E-state index is 0.000717. The van der Waals surface area contributed by atoms with Gasteiger partial charge in [0.2, 0.25) is 5.91 Å². The lowest BCUT2D eigenvalue weighted by Gasteiger charge is -2.40. The molecule has 3 heterocycles. The Labute approximate surface area is 190 Å². The van der Waals surface area contributed by atoms with Gasteiger partial charge in [-0.15, -0.1) is 0 Å². The lowest BCUT2D eigenvalue weighted by atomic mass is 10.0. The van der Waals surface area contributed by atoms with Gasteiger partial charge in [0, 0.05) is 47.6 Å². The molecule has 1 amide bonds. The van der Waals surface area contributed by atoms with Gasteiger partial charge in [-0.2, -0.15) is 0 Å². The van der Waals surface area contributed by atoms with Crippen LogP contribution in [0.1, 0.15) is 12.8 Å². The molecule has 164 valence electrons. The van der Waals surface area contributed by atoms with Crippen LogP contribution >= 0.6 is 23.2 Å². The number of hydrogen-bond acceptors (Lipinski definition) is 6. The average Bonchev–Trinajstić information content (AvgIpc) is 3.24. The molecule has 1 fully saturated rings. The number of likely N-dealkylation sites (tertiary alicyclic amines) is 1. The van der Waals surface area contributed by atoms with E-state index in [0.717, 1.165) is 29.7 Å². The number of aromatic nitrogens is 3. The highest BCUT2D eigenvalue weighted by molar-refractivity contribution is 6.35. The third-order valence-corrected chi connectivity index (χ3v) is 5.88. The molecular weight excluding hydrogens is 439 g/mol. The Bertz CT molecular complexity index is 1040. The first kappa shape index (κ1) is 21.7. The molecule has 8 nitrogen and oxygen atoms in total. The van der Waals surface area contributed by atoms with E-state index in [9.17, 15) is 9.90 Å². The molecule has 31 heavy (non-hydrogen) atoms. The molecule has 3 N–H and O–H groups in total. The molecule has 0 bridgehead atoms. The van der Waals surface area contributed by atoms with Crippen molar-refractivity contribution in [2.45, 2.75) is 18.9 Å². The lowest BCUT2D eigenvalue weighted by Crippen LogP contribution is -2.52. The van der Waals surface area contributed by atoms with Gasteiger partial charge in [0.15, 0.2) is 0 Å². The predicted octanol–water partition coefficient (Wildman–Crippen LogP) is 3.17. The number of amides is 1. The van der Waals surface area contributed by atoms with E-state index >= 15 is 0 Å². The number of benzene rings is 1. The maximum absolute atomic E-state index is 12.9. The van der Waals surface area contributed by atoms with Crippen LogP contribution in [0.5, 0.6) is 0 Å². The van der Waals surface area contributed by atoms with Gasteiger partial charge in [-0.3, -0.25) is 4.79 Å². The molecule has 3 aromatic rings. The molecular formula is C21H24Cl2N6O2. The zero-order valence-electron chi connectivity index (χ0n) is 16.9. The van der Waals surface area contributed by atoms with Crippen LogP contribution in [0.2, 0.25) is 10.0 Å². The van der Waals surface area contributed by atoms with E-state index in [-0.39, 0.29) is 25.1 Å². The van der Waals surface area contributed by atoms with Crippen LogP contribution in [0.25, 0.3) is 11.0 Å². The molecule has 1 aliphatic rings. The van der Waals surface area contributed by atoms with Gasteiger partial charge >= 0.3 is 0 Å². The van der Waals surface area contributed by atoms with Crippen LogP contribution in [-0.2, 0) is 4.79 Å². The van der Waals surface area contributed by atoms with E-state index in [1.165, 1.54) is 6.33 Å². The third-order valence-electron chi connectivity index (χ3n) is 5.44. The first-order valence-electron chi connectivity index (χ1n) is 10.2. The molecule has 0 spiro atoms. The van der Waals surface area contributed by atoms with Gasteiger partial charge in [-0.25, -0.2) is 9.97 Å². The van der Waals surface area contributed by atoms with Crippen LogP contribution in [0.4, 0.5) is 11.5 Å². The highest BCUT2D eigenvalue weighted by atomic mass is 35.5. The highest BCUT2D eigenvalue weighted by Crippen LogP contribution is 2.27. The Kier molecular flexibility index (Phi) is 6.80. The fourth-order valence-corrected chi connectivity index (χ4v) is 4.56. The van der Waals surface area contributed by atoms with Crippen molar-refractivity contribution >= 4 is 51.6 Å². The van der Waals surface area contributed by atoms with Crippen molar-refractivity contribution < 1.29 is 9.90 Å². The second-order valence-electron chi connectivity index (χ2n) is 7.50. The predicted molar refractivity (Wildman–Crippen MR) is 123 cm³/mol. The fourth-order valence-electron chi connectivity index (χ4n) is 4.04. The number of piperidine rings is 1. The number of rotatable bonds is 7. The maximum atomic E-state index is 12.9. The molecule has 10 heteroatoms. The average molecular weight is 463 g/mol. The number of carbonyl (C=O) groups is 1. The molecule has 1 aromatic carbocycles. The van der Waals surface area contributed by atoms with Gasteiger partial charge in [-0.1, -0.05) is 23.2 Å². The van der Waals surface area contributed by atoms with Gasteiger partial charge in [0.05, 0.1) is 18.5 Å². The smallest absolute Gasteiger partial charge is 0.241 e. The van der Waals surface area contributed by atoms with Crippen molar-refractivity contribution in [2.75, 3.05) is 43.0 Å². The Balaban J connectivity index is 1.46. The normalized spacial score (nSPS) is 16.5. The molecule has 1 atom stereocenters. The molecule has 2 aromatic heterocycles. The molecule has 0 aliphatic carbocycles. The number of aromatic amines is 1. The minimum atomic E-state index is -0.00253. The number of nitrogens with zero attached hydrogens (tertiary/aromatic N) is 4. The topological polar surface area (TPSA) is 97.4 Å².